The fourth-order valence-corrected chi connectivity index (χ4v) is 1.00. The lowest BCUT2D eigenvalue weighted by molar-refractivity contribution is 0.240. The van der Waals surface area contributed by atoms with Crippen molar-refractivity contribution in [1.82, 2.24) is 15.6 Å². The Hall–Kier alpha value is -1.58. The van der Waals surface area contributed by atoms with Crippen molar-refractivity contribution in [1.29, 1.82) is 0 Å². The molecule has 1 unspecified atom stereocenters. The molecule has 0 fully saturated rings. The molecule has 1 aromatic rings. The summed E-state index contributed by atoms with van der Waals surface area (Å²) >= 11 is 0. The zero-order valence-electron chi connectivity index (χ0n) is 7.74. The van der Waals surface area contributed by atoms with E-state index in [4.69, 9.17) is 0 Å². The summed E-state index contributed by atoms with van der Waals surface area (Å²) in [5.74, 6) is 0. The van der Waals surface area contributed by atoms with Crippen molar-refractivity contribution in [2.75, 3.05) is 7.05 Å². The molecule has 1 heterocycles. The standard InChI is InChI=1S/C9H13N3O/c1-7(12-9(13)10-2)8-3-5-11-6-4-8/h3-7H,1-2H3,(H2,10,12,13). The SMILES string of the molecule is CNC(=O)NC(C)c1ccncc1. The van der Waals surface area contributed by atoms with Gasteiger partial charge in [0.05, 0.1) is 6.04 Å². The van der Waals surface area contributed by atoms with Gasteiger partial charge in [0.1, 0.15) is 0 Å². The minimum atomic E-state index is -0.177. The quantitative estimate of drug-likeness (QED) is 0.713. The number of carbonyl (C=O) groups excluding carboxylic acids is 1. The van der Waals surface area contributed by atoms with E-state index < -0.39 is 0 Å². The number of amides is 2. The first-order valence-electron chi connectivity index (χ1n) is 4.12. The molecule has 1 atom stereocenters. The van der Waals surface area contributed by atoms with Gasteiger partial charge in [0.25, 0.3) is 0 Å². The Balaban J connectivity index is 2.59. The van der Waals surface area contributed by atoms with Crippen molar-refractivity contribution in [2.45, 2.75) is 13.0 Å². The van der Waals surface area contributed by atoms with Crippen LogP contribution in [0.5, 0.6) is 0 Å². The van der Waals surface area contributed by atoms with E-state index in [0.717, 1.165) is 5.56 Å². The van der Waals surface area contributed by atoms with E-state index in [1.165, 1.54) is 0 Å². The Morgan fingerprint density at radius 3 is 2.62 bits per heavy atom. The van der Waals surface area contributed by atoms with Crippen molar-refractivity contribution in [2.24, 2.45) is 0 Å². The average molecular weight is 179 g/mol. The fourth-order valence-electron chi connectivity index (χ4n) is 1.00. The Morgan fingerprint density at radius 2 is 2.08 bits per heavy atom. The first-order valence-corrected chi connectivity index (χ1v) is 4.12. The van der Waals surface area contributed by atoms with Crippen LogP contribution in [0.2, 0.25) is 0 Å². The van der Waals surface area contributed by atoms with Gasteiger partial charge in [-0.05, 0) is 24.6 Å². The topological polar surface area (TPSA) is 54.0 Å². The summed E-state index contributed by atoms with van der Waals surface area (Å²) in [6.45, 7) is 1.92. The first-order chi connectivity index (χ1) is 6.24. The van der Waals surface area contributed by atoms with Gasteiger partial charge in [-0.15, -0.1) is 0 Å². The summed E-state index contributed by atoms with van der Waals surface area (Å²) in [5.41, 5.74) is 1.04. The molecule has 2 N–H and O–H groups in total. The fraction of sp³-hybridized carbons (Fsp3) is 0.333. The minimum Gasteiger partial charge on any atom is -0.341 e. The highest BCUT2D eigenvalue weighted by Gasteiger charge is 2.06. The molecule has 0 aliphatic carbocycles. The zero-order valence-corrected chi connectivity index (χ0v) is 7.74. The Morgan fingerprint density at radius 1 is 1.46 bits per heavy atom. The lowest BCUT2D eigenvalue weighted by atomic mass is 10.1. The van der Waals surface area contributed by atoms with Gasteiger partial charge in [0, 0.05) is 19.4 Å². The molecule has 0 aliphatic heterocycles. The molecule has 0 spiro atoms. The van der Waals surface area contributed by atoms with Gasteiger partial charge in [-0.2, -0.15) is 0 Å². The molecule has 70 valence electrons. The maximum absolute atomic E-state index is 11.0. The van der Waals surface area contributed by atoms with Crippen LogP contribution in [0, 0.1) is 0 Å². The number of carbonyl (C=O) groups is 1. The van der Waals surface area contributed by atoms with Gasteiger partial charge >= 0.3 is 6.03 Å². The van der Waals surface area contributed by atoms with E-state index in [1.54, 1.807) is 19.4 Å². The van der Waals surface area contributed by atoms with Crippen molar-refractivity contribution < 1.29 is 4.79 Å². The Labute approximate surface area is 77.4 Å². The molecule has 0 bridgehead atoms. The van der Waals surface area contributed by atoms with Crippen LogP contribution < -0.4 is 10.6 Å². The third-order valence-electron chi connectivity index (χ3n) is 1.78. The van der Waals surface area contributed by atoms with Crippen molar-refractivity contribution in [3.63, 3.8) is 0 Å². The van der Waals surface area contributed by atoms with Gasteiger partial charge in [-0.25, -0.2) is 4.79 Å². The highest BCUT2D eigenvalue weighted by Crippen LogP contribution is 2.09. The molecule has 1 aromatic heterocycles. The summed E-state index contributed by atoms with van der Waals surface area (Å²) in [4.78, 5) is 14.9. The summed E-state index contributed by atoms with van der Waals surface area (Å²) in [5, 5.41) is 5.27. The molecule has 0 aliphatic rings. The number of nitrogens with zero attached hydrogens (tertiary/aromatic N) is 1. The molecular weight excluding hydrogens is 166 g/mol. The van der Waals surface area contributed by atoms with E-state index >= 15 is 0 Å². The molecule has 0 saturated carbocycles. The van der Waals surface area contributed by atoms with Crippen molar-refractivity contribution >= 4 is 6.03 Å². The number of nitrogens with one attached hydrogen (secondary N) is 2. The van der Waals surface area contributed by atoms with E-state index in [0.29, 0.717) is 0 Å². The van der Waals surface area contributed by atoms with Crippen molar-refractivity contribution in [3.8, 4) is 0 Å². The lowest BCUT2D eigenvalue weighted by Gasteiger charge is -2.12. The van der Waals surface area contributed by atoms with Crippen LogP contribution in [-0.4, -0.2) is 18.1 Å². The second-order valence-electron chi connectivity index (χ2n) is 2.73. The second kappa shape index (κ2) is 4.45. The maximum Gasteiger partial charge on any atom is 0.315 e. The number of hydrogen-bond donors (Lipinski definition) is 2. The van der Waals surface area contributed by atoms with Gasteiger partial charge in [-0.1, -0.05) is 0 Å². The molecular formula is C9H13N3O. The largest absolute Gasteiger partial charge is 0.341 e. The monoisotopic (exact) mass is 179 g/mol. The van der Waals surface area contributed by atoms with Crippen LogP contribution in [0.4, 0.5) is 4.79 Å². The minimum absolute atomic E-state index is 0.00273. The van der Waals surface area contributed by atoms with Gasteiger partial charge in [-0.3, -0.25) is 4.98 Å². The summed E-state index contributed by atoms with van der Waals surface area (Å²) < 4.78 is 0. The Bertz CT molecular complexity index is 273. The third kappa shape index (κ3) is 2.74. The zero-order chi connectivity index (χ0) is 9.68. The maximum atomic E-state index is 11.0. The van der Waals surface area contributed by atoms with Crippen LogP contribution in [0.3, 0.4) is 0 Å². The van der Waals surface area contributed by atoms with Crippen LogP contribution in [0.25, 0.3) is 0 Å². The van der Waals surface area contributed by atoms with Crippen LogP contribution >= 0.6 is 0 Å². The molecule has 1 rings (SSSR count). The Kier molecular flexibility index (Phi) is 3.25. The summed E-state index contributed by atoms with van der Waals surface area (Å²) in [6, 6.07) is 3.58. The number of aromatic nitrogens is 1. The normalized spacial score (nSPS) is 11.8. The molecule has 2 amide bonds. The highest BCUT2D eigenvalue weighted by atomic mass is 16.2. The third-order valence-corrected chi connectivity index (χ3v) is 1.78. The van der Waals surface area contributed by atoms with Crippen molar-refractivity contribution in [3.05, 3.63) is 30.1 Å². The first kappa shape index (κ1) is 9.51. The molecule has 4 nitrogen and oxygen atoms in total. The predicted molar refractivity (Wildman–Crippen MR) is 50.2 cm³/mol. The molecule has 13 heavy (non-hydrogen) atoms. The van der Waals surface area contributed by atoms with Gasteiger partial charge in [0.2, 0.25) is 0 Å². The number of urea groups is 1. The van der Waals surface area contributed by atoms with Crippen LogP contribution in [0.15, 0.2) is 24.5 Å². The van der Waals surface area contributed by atoms with Gasteiger partial charge in [0.15, 0.2) is 0 Å². The number of pyridine rings is 1. The van der Waals surface area contributed by atoms with Crippen LogP contribution in [0.1, 0.15) is 18.5 Å². The van der Waals surface area contributed by atoms with E-state index in [9.17, 15) is 4.79 Å². The molecule has 0 aromatic carbocycles. The van der Waals surface area contributed by atoms with E-state index in [1.807, 2.05) is 19.1 Å². The predicted octanol–water partition coefficient (Wildman–Crippen LogP) is 1.07. The number of rotatable bonds is 2. The van der Waals surface area contributed by atoms with Crippen LogP contribution in [-0.2, 0) is 0 Å². The summed E-state index contributed by atoms with van der Waals surface area (Å²) in [7, 11) is 1.59. The smallest absolute Gasteiger partial charge is 0.315 e. The highest BCUT2D eigenvalue weighted by molar-refractivity contribution is 5.73. The molecule has 0 radical (unpaired) electrons. The van der Waals surface area contributed by atoms with Gasteiger partial charge < -0.3 is 10.6 Å². The molecule has 4 heteroatoms. The summed E-state index contributed by atoms with van der Waals surface area (Å²) in [6.07, 6.45) is 3.41. The second-order valence-corrected chi connectivity index (χ2v) is 2.73. The lowest BCUT2D eigenvalue weighted by Crippen LogP contribution is -2.34. The van der Waals surface area contributed by atoms with E-state index in [-0.39, 0.29) is 12.1 Å². The number of hydrogen-bond acceptors (Lipinski definition) is 2. The molecule has 0 saturated heterocycles. The average Bonchev–Trinajstić information content (AvgIpc) is 2.19. The van der Waals surface area contributed by atoms with E-state index in [2.05, 4.69) is 15.6 Å².